The van der Waals surface area contributed by atoms with Gasteiger partial charge in [0.1, 0.15) is 0 Å². The Morgan fingerprint density at radius 1 is 1.33 bits per heavy atom. The summed E-state index contributed by atoms with van der Waals surface area (Å²) in [6.07, 6.45) is 5.45. The highest BCUT2D eigenvalue weighted by Gasteiger charge is 2.24. The minimum Gasteiger partial charge on any atom is -0.461 e. The zero-order valence-corrected chi connectivity index (χ0v) is 13.9. The lowest BCUT2D eigenvalue weighted by molar-refractivity contribution is 0.0517. The number of benzene rings is 1. The van der Waals surface area contributed by atoms with E-state index in [1.165, 1.54) is 12.1 Å². The molecule has 1 aromatic carbocycles. The van der Waals surface area contributed by atoms with Crippen molar-refractivity contribution in [2.45, 2.75) is 24.7 Å². The number of carbonyl (C=O) groups is 1. The molecular formula is C16H17N3O4S. The highest BCUT2D eigenvalue weighted by molar-refractivity contribution is 7.89. The summed E-state index contributed by atoms with van der Waals surface area (Å²) in [6, 6.07) is 6.03. The number of hydrogen-bond acceptors (Lipinski definition) is 5. The van der Waals surface area contributed by atoms with E-state index in [-0.39, 0.29) is 11.5 Å². The molecule has 1 aliphatic carbocycles. The third-order valence-electron chi connectivity index (χ3n) is 3.74. The topological polar surface area (TPSA) is 104 Å². The predicted octanol–water partition coefficient (Wildman–Crippen LogP) is 1.66. The van der Waals surface area contributed by atoms with E-state index in [1.54, 1.807) is 23.7 Å². The molecule has 2 aromatic rings. The van der Waals surface area contributed by atoms with Crippen molar-refractivity contribution < 1.29 is 17.9 Å². The largest absolute Gasteiger partial charge is 0.461 e. The van der Waals surface area contributed by atoms with Gasteiger partial charge in [-0.1, -0.05) is 6.08 Å². The summed E-state index contributed by atoms with van der Waals surface area (Å²) in [6.45, 7) is 2.02. The highest BCUT2D eigenvalue weighted by atomic mass is 32.2. The Morgan fingerprint density at radius 2 is 2.04 bits per heavy atom. The van der Waals surface area contributed by atoms with Crippen molar-refractivity contribution in [3.8, 4) is 5.69 Å². The standard InChI is InChI=1S/C16H17N3O4S/c1-2-23-16(20)15-13-5-3-4-6-14(13)19(18-15)11-7-9-12(10-8-11)24(17,21)22/h4,6-10H,2-3,5H2,1H3,(H2,17,21,22). The van der Waals surface area contributed by atoms with E-state index in [0.29, 0.717) is 17.8 Å². The summed E-state index contributed by atoms with van der Waals surface area (Å²) in [7, 11) is -3.75. The van der Waals surface area contributed by atoms with Gasteiger partial charge < -0.3 is 4.74 Å². The average molecular weight is 347 g/mol. The van der Waals surface area contributed by atoms with Crippen LogP contribution < -0.4 is 5.14 Å². The fraction of sp³-hybridized carbons (Fsp3) is 0.250. The molecule has 24 heavy (non-hydrogen) atoms. The first-order valence-corrected chi connectivity index (χ1v) is 9.05. The molecule has 0 atom stereocenters. The van der Waals surface area contributed by atoms with Gasteiger partial charge in [0.25, 0.3) is 0 Å². The molecule has 0 unspecified atom stereocenters. The Morgan fingerprint density at radius 3 is 2.67 bits per heavy atom. The Hall–Kier alpha value is -2.45. The van der Waals surface area contributed by atoms with Crippen LogP contribution in [0.3, 0.4) is 0 Å². The van der Waals surface area contributed by atoms with Crippen LogP contribution >= 0.6 is 0 Å². The van der Waals surface area contributed by atoms with Gasteiger partial charge in [0.15, 0.2) is 5.69 Å². The van der Waals surface area contributed by atoms with Crippen molar-refractivity contribution in [1.29, 1.82) is 0 Å². The lowest BCUT2D eigenvalue weighted by Gasteiger charge is -2.09. The van der Waals surface area contributed by atoms with E-state index >= 15 is 0 Å². The number of aromatic nitrogens is 2. The summed E-state index contributed by atoms with van der Waals surface area (Å²) in [4.78, 5) is 12.2. The molecule has 2 N–H and O–H groups in total. The van der Waals surface area contributed by atoms with Gasteiger partial charge in [-0.2, -0.15) is 5.10 Å². The second kappa shape index (κ2) is 6.21. The van der Waals surface area contributed by atoms with E-state index in [0.717, 1.165) is 17.7 Å². The lowest BCUT2D eigenvalue weighted by atomic mass is 10.0. The van der Waals surface area contributed by atoms with Crippen LogP contribution in [0.25, 0.3) is 11.8 Å². The predicted molar refractivity (Wildman–Crippen MR) is 88.2 cm³/mol. The third-order valence-corrected chi connectivity index (χ3v) is 4.67. The Kier molecular flexibility index (Phi) is 4.25. The number of primary sulfonamides is 1. The number of fused-ring (bicyclic) bond motifs is 1. The van der Waals surface area contributed by atoms with Crippen LogP contribution in [0.5, 0.6) is 0 Å². The van der Waals surface area contributed by atoms with Gasteiger partial charge in [0.05, 0.1) is 22.9 Å². The lowest BCUT2D eigenvalue weighted by Crippen LogP contribution is -2.12. The Labute approximate surface area is 139 Å². The summed E-state index contributed by atoms with van der Waals surface area (Å²) in [5.41, 5.74) is 2.58. The number of ether oxygens (including phenoxy) is 1. The maximum Gasteiger partial charge on any atom is 0.359 e. The second-order valence-corrected chi connectivity index (χ2v) is 6.89. The molecule has 7 nitrogen and oxygen atoms in total. The molecule has 1 aromatic heterocycles. The molecule has 1 heterocycles. The van der Waals surface area contributed by atoms with Crippen LogP contribution in [-0.4, -0.2) is 30.8 Å². The van der Waals surface area contributed by atoms with E-state index in [1.807, 2.05) is 12.2 Å². The maximum atomic E-state index is 12.1. The fourth-order valence-electron chi connectivity index (χ4n) is 2.64. The van der Waals surface area contributed by atoms with Crippen molar-refractivity contribution in [2.24, 2.45) is 5.14 Å². The maximum absolute atomic E-state index is 12.1. The highest BCUT2D eigenvalue weighted by Crippen LogP contribution is 2.26. The first-order valence-electron chi connectivity index (χ1n) is 7.50. The van der Waals surface area contributed by atoms with E-state index in [9.17, 15) is 13.2 Å². The number of sulfonamides is 1. The molecule has 8 heteroatoms. The molecule has 0 saturated carbocycles. The zero-order valence-electron chi connectivity index (χ0n) is 13.1. The number of rotatable bonds is 4. The summed E-state index contributed by atoms with van der Waals surface area (Å²) in [5, 5.41) is 9.49. The van der Waals surface area contributed by atoms with E-state index in [2.05, 4.69) is 5.10 Å². The van der Waals surface area contributed by atoms with E-state index in [4.69, 9.17) is 9.88 Å². The van der Waals surface area contributed by atoms with Crippen LogP contribution in [0.4, 0.5) is 0 Å². The van der Waals surface area contributed by atoms with Crippen molar-refractivity contribution >= 4 is 22.1 Å². The van der Waals surface area contributed by atoms with Crippen LogP contribution in [0.2, 0.25) is 0 Å². The fourth-order valence-corrected chi connectivity index (χ4v) is 3.16. The molecular weight excluding hydrogens is 330 g/mol. The molecule has 0 fully saturated rings. The van der Waals surface area contributed by atoms with Gasteiger partial charge in [-0.05, 0) is 50.1 Å². The molecule has 0 bridgehead atoms. The number of nitrogens with two attached hydrogens (primary N) is 1. The van der Waals surface area contributed by atoms with Gasteiger partial charge in [0, 0.05) is 5.56 Å². The molecule has 0 saturated heterocycles. The minimum absolute atomic E-state index is 0.0217. The van der Waals surface area contributed by atoms with Gasteiger partial charge in [-0.15, -0.1) is 0 Å². The smallest absolute Gasteiger partial charge is 0.359 e. The van der Waals surface area contributed by atoms with Crippen molar-refractivity contribution in [3.63, 3.8) is 0 Å². The number of hydrogen-bond donors (Lipinski definition) is 1. The third kappa shape index (κ3) is 2.98. The normalized spacial score (nSPS) is 13.6. The Bertz CT molecular complexity index is 912. The average Bonchev–Trinajstić information content (AvgIpc) is 2.94. The molecule has 0 radical (unpaired) electrons. The summed E-state index contributed by atoms with van der Waals surface area (Å²) in [5.74, 6) is -0.455. The van der Waals surface area contributed by atoms with Gasteiger partial charge in [-0.3, -0.25) is 0 Å². The van der Waals surface area contributed by atoms with Crippen LogP contribution in [0.15, 0.2) is 35.2 Å². The first-order chi connectivity index (χ1) is 11.4. The van der Waals surface area contributed by atoms with Crippen LogP contribution in [0, 0.1) is 0 Å². The zero-order chi connectivity index (χ0) is 17.3. The monoisotopic (exact) mass is 347 g/mol. The molecule has 0 amide bonds. The van der Waals surface area contributed by atoms with Gasteiger partial charge >= 0.3 is 5.97 Å². The SMILES string of the molecule is CCOC(=O)c1nn(-c2ccc(S(N)(=O)=O)cc2)c2c1CCC=C2. The minimum atomic E-state index is -3.75. The second-order valence-electron chi connectivity index (χ2n) is 5.32. The van der Waals surface area contributed by atoms with E-state index < -0.39 is 16.0 Å². The number of esters is 1. The summed E-state index contributed by atoms with van der Waals surface area (Å²) >= 11 is 0. The van der Waals surface area contributed by atoms with Crippen LogP contribution in [0.1, 0.15) is 35.1 Å². The number of allylic oxidation sites excluding steroid dienone is 1. The van der Waals surface area contributed by atoms with Crippen molar-refractivity contribution in [2.75, 3.05) is 6.61 Å². The molecule has 0 spiro atoms. The molecule has 1 aliphatic rings. The Balaban J connectivity index is 2.09. The van der Waals surface area contributed by atoms with Crippen molar-refractivity contribution in [1.82, 2.24) is 9.78 Å². The van der Waals surface area contributed by atoms with Gasteiger partial charge in [0.2, 0.25) is 10.0 Å². The summed E-state index contributed by atoms with van der Waals surface area (Å²) < 4.78 is 29.4. The van der Waals surface area contributed by atoms with Crippen LogP contribution in [-0.2, 0) is 21.2 Å². The van der Waals surface area contributed by atoms with Gasteiger partial charge in [-0.25, -0.2) is 23.0 Å². The molecule has 3 rings (SSSR count). The first kappa shape index (κ1) is 16.4. The number of carbonyl (C=O) groups excluding carboxylic acids is 1. The molecule has 126 valence electrons. The quantitative estimate of drug-likeness (QED) is 0.847. The number of nitrogens with zero attached hydrogens (tertiary/aromatic N) is 2. The van der Waals surface area contributed by atoms with Crippen molar-refractivity contribution in [3.05, 3.63) is 47.3 Å². The molecule has 0 aliphatic heterocycles.